The van der Waals surface area contributed by atoms with Gasteiger partial charge < -0.3 is 14.6 Å². The number of ether oxygens (including phenoxy) is 2. The first kappa shape index (κ1) is 12.3. The van der Waals surface area contributed by atoms with E-state index in [4.69, 9.17) is 9.47 Å². The number of aliphatic hydroxyl groups excluding tert-OH is 1. The highest BCUT2D eigenvalue weighted by molar-refractivity contribution is 4.74. The van der Waals surface area contributed by atoms with Crippen LogP contribution in [-0.2, 0) is 9.47 Å². The topological polar surface area (TPSA) is 38.7 Å². The third-order valence-electron chi connectivity index (χ3n) is 3.87. The third-order valence-corrected chi connectivity index (χ3v) is 3.87. The van der Waals surface area contributed by atoms with Gasteiger partial charge in [-0.25, -0.2) is 0 Å². The van der Waals surface area contributed by atoms with Crippen LogP contribution in [0.2, 0.25) is 0 Å². The van der Waals surface area contributed by atoms with E-state index in [0.29, 0.717) is 12.0 Å². The molecule has 0 aromatic carbocycles. The summed E-state index contributed by atoms with van der Waals surface area (Å²) in [4.78, 5) is 0. The predicted octanol–water partition coefficient (Wildman–Crippen LogP) is 2.12. The second-order valence-electron chi connectivity index (χ2n) is 5.08. The van der Waals surface area contributed by atoms with Crippen LogP contribution in [0.1, 0.15) is 44.9 Å². The molecule has 0 spiro atoms. The second kappa shape index (κ2) is 6.58. The molecule has 2 rings (SSSR count). The predicted molar refractivity (Wildman–Crippen MR) is 62.4 cm³/mol. The van der Waals surface area contributed by atoms with E-state index < -0.39 is 0 Å². The summed E-state index contributed by atoms with van der Waals surface area (Å²) in [5.74, 6) is 0.456. The zero-order valence-electron chi connectivity index (χ0n) is 10.1. The van der Waals surface area contributed by atoms with Crippen LogP contribution in [0.4, 0.5) is 0 Å². The summed E-state index contributed by atoms with van der Waals surface area (Å²) in [6.07, 6.45) is 7.91. The zero-order chi connectivity index (χ0) is 11.2. The van der Waals surface area contributed by atoms with Crippen LogP contribution < -0.4 is 0 Å². The molecule has 0 aromatic heterocycles. The van der Waals surface area contributed by atoms with Crippen LogP contribution in [0.25, 0.3) is 0 Å². The van der Waals surface area contributed by atoms with E-state index in [1.165, 1.54) is 19.3 Å². The highest BCUT2D eigenvalue weighted by Gasteiger charge is 2.23. The Hall–Kier alpha value is -0.120. The van der Waals surface area contributed by atoms with Gasteiger partial charge in [-0.05, 0) is 50.9 Å². The van der Waals surface area contributed by atoms with Gasteiger partial charge >= 0.3 is 0 Å². The molecule has 2 aliphatic rings. The van der Waals surface area contributed by atoms with E-state index in [0.717, 1.165) is 45.5 Å². The van der Waals surface area contributed by atoms with Gasteiger partial charge in [0.25, 0.3) is 0 Å². The van der Waals surface area contributed by atoms with Crippen molar-refractivity contribution in [3.63, 3.8) is 0 Å². The fourth-order valence-electron chi connectivity index (χ4n) is 2.73. The zero-order valence-corrected chi connectivity index (χ0v) is 10.1. The molecule has 0 aromatic rings. The monoisotopic (exact) mass is 228 g/mol. The smallest absolute Gasteiger partial charge is 0.0576 e. The summed E-state index contributed by atoms with van der Waals surface area (Å²) in [7, 11) is 0. The minimum absolute atomic E-state index is 0.144. The summed E-state index contributed by atoms with van der Waals surface area (Å²) in [6.45, 7) is 2.56. The minimum Gasteiger partial charge on any atom is -0.393 e. The summed E-state index contributed by atoms with van der Waals surface area (Å²) in [6, 6.07) is 0. The lowest BCUT2D eigenvalue weighted by atomic mass is 9.90. The van der Waals surface area contributed by atoms with Gasteiger partial charge in [0.2, 0.25) is 0 Å². The largest absolute Gasteiger partial charge is 0.393 e. The van der Waals surface area contributed by atoms with Crippen LogP contribution in [0.5, 0.6) is 0 Å². The maximum absolute atomic E-state index is 10.1. The first-order valence-electron chi connectivity index (χ1n) is 6.73. The van der Waals surface area contributed by atoms with E-state index in [1.54, 1.807) is 0 Å². The molecule has 1 N–H and O–H groups in total. The molecule has 2 aliphatic heterocycles. The Morgan fingerprint density at radius 2 is 1.88 bits per heavy atom. The molecular weight excluding hydrogens is 204 g/mol. The molecule has 2 atom stereocenters. The maximum atomic E-state index is 10.1. The Morgan fingerprint density at radius 1 is 1.06 bits per heavy atom. The fourth-order valence-corrected chi connectivity index (χ4v) is 2.73. The van der Waals surface area contributed by atoms with Gasteiger partial charge in [-0.1, -0.05) is 0 Å². The molecule has 3 heteroatoms. The molecule has 94 valence electrons. The molecule has 2 fully saturated rings. The lowest BCUT2D eigenvalue weighted by Gasteiger charge is -2.29. The van der Waals surface area contributed by atoms with Gasteiger partial charge in [-0.2, -0.15) is 0 Å². The summed E-state index contributed by atoms with van der Waals surface area (Å²) >= 11 is 0. The Bertz CT molecular complexity index is 184. The van der Waals surface area contributed by atoms with Crippen molar-refractivity contribution in [2.24, 2.45) is 5.92 Å². The van der Waals surface area contributed by atoms with Crippen LogP contribution in [0.3, 0.4) is 0 Å². The average molecular weight is 228 g/mol. The first-order chi connectivity index (χ1) is 7.86. The lowest BCUT2D eigenvalue weighted by Crippen LogP contribution is -2.29. The van der Waals surface area contributed by atoms with Crippen molar-refractivity contribution < 1.29 is 14.6 Å². The average Bonchev–Trinajstić information content (AvgIpc) is 2.38. The molecule has 2 unspecified atom stereocenters. The quantitative estimate of drug-likeness (QED) is 0.801. The number of rotatable bonds is 4. The van der Waals surface area contributed by atoms with E-state index in [9.17, 15) is 5.11 Å². The Morgan fingerprint density at radius 3 is 2.56 bits per heavy atom. The molecular formula is C13H24O3. The highest BCUT2D eigenvalue weighted by Crippen LogP contribution is 2.24. The molecule has 16 heavy (non-hydrogen) atoms. The normalized spacial score (nSPS) is 30.2. The van der Waals surface area contributed by atoms with Crippen LogP contribution in [-0.4, -0.2) is 37.1 Å². The Balaban J connectivity index is 1.63. The standard InChI is InChI=1S/C13H24O3/c14-13(11-6-9-15-10-7-11)5-4-12-3-1-2-8-16-12/h11-14H,1-10H2. The van der Waals surface area contributed by atoms with Crippen LogP contribution in [0, 0.1) is 5.92 Å². The minimum atomic E-state index is -0.144. The number of hydrogen-bond acceptors (Lipinski definition) is 3. The molecule has 2 heterocycles. The fraction of sp³-hybridized carbons (Fsp3) is 1.00. The highest BCUT2D eigenvalue weighted by atomic mass is 16.5. The van der Waals surface area contributed by atoms with Crippen molar-refractivity contribution in [2.45, 2.75) is 57.2 Å². The SMILES string of the molecule is OC(CCC1CCCCO1)C1CCOCC1. The summed E-state index contributed by atoms with van der Waals surface area (Å²) in [5, 5.41) is 10.1. The molecule has 0 bridgehead atoms. The molecule has 0 radical (unpaired) electrons. The first-order valence-corrected chi connectivity index (χ1v) is 6.73. The van der Waals surface area contributed by atoms with Crippen molar-refractivity contribution in [3.05, 3.63) is 0 Å². The lowest BCUT2D eigenvalue weighted by molar-refractivity contribution is -0.0201. The van der Waals surface area contributed by atoms with Gasteiger partial charge in [0.05, 0.1) is 12.2 Å². The molecule has 3 nitrogen and oxygen atoms in total. The molecule has 0 aliphatic carbocycles. The molecule has 0 saturated carbocycles. The molecule has 2 saturated heterocycles. The Labute approximate surface area is 98.1 Å². The second-order valence-corrected chi connectivity index (χ2v) is 5.08. The number of aliphatic hydroxyl groups is 1. The van der Waals surface area contributed by atoms with Gasteiger partial charge in [-0.15, -0.1) is 0 Å². The number of hydrogen-bond donors (Lipinski definition) is 1. The summed E-state index contributed by atoms with van der Waals surface area (Å²) < 4.78 is 11.0. The Kier molecular flexibility index (Phi) is 5.07. The van der Waals surface area contributed by atoms with Crippen molar-refractivity contribution in [3.8, 4) is 0 Å². The van der Waals surface area contributed by atoms with Crippen LogP contribution in [0.15, 0.2) is 0 Å². The summed E-state index contributed by atoms with van der Waals surface area (Å²) in [5.41, 5.74) is 0. The van der Waals surface area contributed by atoms with Gasteiger partial charge in [-0.3, -0.25) is 0 Å². The van der Waals surface area contributed by atoms with Crippen molar-refractivity contribution in [1.82, 2.24) is 0 Å². The maximum Gasteiger partial charge on any atom is 0.0576 e. The van der Waals surface area contributed by atoms with Crippen molar-refractivity contribution in [2.75, 3.05) is 19.8 Å². The van der Waals surface area contributed by atoms with E-state index in [1.807, 2.05) is 0 Å². The van der Waals surface area contributed by atoms with Crippen molar-refractivity contribution in [1.29, 1.82) is 0 Å². The third kappa shape index (κ3) is 3.72. The van der Waals surface area contributed by atoms with E-state index >= 15 is 0 Å². The van der Waals surface area contributed by atoms with Gasteiger partial charge in [0.15, 0.2) is 0 Å². The van der Waals surface area contributed by atoms with Gasteiger partial charge in [0.1, 0.15) is 0 Å². The van der Waals surface area contributed by atoms with E-state index in [-0.39, 0.29) is 6.10 Å². The molecule has 0 amide bonds. The van der Waals surface area contributed by atoms with Gasteiger partial charge in [0, 0.05) is 19.8 Å². The van der Waals surface area contributed by atoms with Crippen LogP contribution >= 0.6 is 0 Å². The van der Waals surface area contributed by atoms with E-state index in [2.05, 4.69) is 0 Å². The van der Waals surface area contributed by atoms with Crippen molar-refractivity contribution >= 4 is 0 Å².